The third-order valence-electron chi connectivity index (χ3n) is 6.79. The summed E-state index contributed by atoms with van der Waals surface area (Å²) in [4.78, 5) is 50.2. The number of nitrogens with one attached hydrogen (secondary N) is 1. The molecule has 0 unspecified atom stereocenters. The maximum absolute atomic E-state index is 13.0. The fraction of sp³-hybridized carbons (Fsp3) is 0.450. The third kappa shape index (κ3) is 2.26. The molecule has 2 saturated carbocycles. The lowest BCUT2D eigenvalue weighted by atomic mass is 9.63. The van der Waals surface area contributed by atoms with Gasteiger partial charge in [-0.1, -0.05) is 18.2 Å². The highest BCUT2D eigenvalue weighted by Gasteiger charge is 2.67. The molecule has 144 valence electrons. The molecule has 5 aliphatic rings. The minimum atomic E-state index is -0.972. The van der Waals surface area contributed by atoms with Gasteiger partial charge in [0.1, 0.15) is 6.04 Å². The second-order valence-electron chi connectivity index (χ2n) is 8.17. The zero-order valence-electron chi connectivity index (χ0n) is 15.1. The van der Waals surface area contributed by atoms with Gasteiger partial charge in [0, 0.05) is 17.8 Å². The van der Waals surface area contributed by atoms with Crippen molar-refractivity contribution in [1.29, 1.82) is 0 Å². The summed E-state index contributed by atoms with van der Waals surface area (Å²) < 4.78 is 0. The second kappa shape index (κ2) is 5.73. The average Bonchev–Trinajstić information content (AvgIpc) is 3.45. The summed E-state index contributed by atoms with van der Waals surface area (Å²) in [5.41, 5.74) is 0.109. The summed E-state index contributed by atoms with van der Waals surface area (Å²) in [6, 6.07) is 4.60. The summed E-state index contributed by atoms with van der Waals surface area (Å²) in [6.45, 7) is 1.52. The predicted octanol–water partition coefficient (Wildman–Crippen LogP) is 1.97. The van der Waals surface area contributed by atoms with Crippen LogP contribution in [0.5, 0.6) is 0 Å². The molecule has 1 heterocycles. The molecule has 8 heteroatoms. The van der Waals surface area contributed by atoms with E-state index < -0.39 is 16.9 Å². The number of anilines is 1. The average molecular weight is 381 g/mol. The molecule has 28 heavy (non-hydrogen) atoms. The van der Waals surface area contributed by atoms with E-state index in [1.807, 2.05) is 0 Å². The van der Waals surface area contributed by atoms with Crippen molar-refractivity contribution in [2.75, 3.05) is 5.32 Å². The Morgan fingerprint density at radius 2 is 1.79 bits per heavy atom. The van der Waals surface area contributed by atoms with E-state index in [2.05, 4.69) is 17.5 Å². The highest BCUT2D eigenvalue weighted by molar-refractivity contribution is 6.10. The number of nitrogens with zero attached hydrogens (tertiary/aromatic N) is 2. The van der Waals surface area contributed by atoms with Crippen molar-refractivity contribution in [2.24, 2.45) is 35.5 Å². The number of nitro groups is 1. The lowest BCUT2D eigenvalue weighted by Gasteiger charge is -2.37. The molecular formula is C20H19N3O5. The van der Waals surface area contributed by atoms with Crippen molar-refractivity contribution in [3.05, 3.63) is 46.5 Å². The van der Waals surface area contributed by atoms with E-state index in [9.17, 15) is 24.5 Å². The Bertz CT molecular complexity index is 921. The van der Waals surface area contributed by atoms with Gasteiger partial charge in [0.2, 0.25) is 17.7 Å². The Kier molecular flexibility index (Phi) is 3.50. The molecule has 0 spiro atoms. The van der Waals surface area contributed by atoms with E-state index in [0.717, 1.165) is 11.3 Å². The molecule has 3 fully saturated rings. The van der Waals surface area contributed by atoms with Crippen LogP contribution < -0.4 is 5.32 Å². The first-order chi connectivity index (χ1) is 13.4. The first kappa shape index (κ1) is 17.1. The summed E-state index contributed by atoms with van der Waals surface area (Å²) in [7, 11) is 0. The topological polar surface area (TPSA) is 110 Å². The smallest absolute Gasteiger partial charge is 0.271 e. The first-order valence-corrected chi connectivity index (χ1v) is 9.49. The van der Waals surface area contributed by atoms with Crippen LogP contribution >= 0.6 is 0 Å². The van der Waals surface area contributed by atoms with Gasteiger partial charge in [-0.05, 0) is 43.1 Å². The molecule has 3 amide bonds. The van der Waals surface area contributed by atoms with Crippen LogP contribution in [0.4, 0.5) is 11.4 Å². The van der Waals surface area contributed by atoms with Gasteiger partial charge in [-0.3, -0.25) is 29.4 Å². The van der Waals surface area contributed by atoms with Gasteiger partial charge in [0.15, 0.2) is 0 Å². The number of rotatable bonds is 4. The SMILES string of the molecule is C[C@H](C(=O)Nc1cccc([N+](=O)[O-])c1)N1C(=O)[C@H]2[C@@H]3C=C[C@H]([C@H]4C[C@H]34)[C@@H]2C1=O. The van der Waals surface area contributed by atoms with Gasteiger partial charge < -0.3 is 5.32 Å². The number of carbonyl (C=O) groups excluding carboxylic acids is 3. The quantitative estimate of drug-likeness (QED) is 0.371. The summed E-state index contributed by atoms with van der Waals surface area (Å²) in [5.74, 6) is -0.543. The van der Waals surface area contributed by atoms with Crippen LogP contribution in [0.1, 0.15) is 13.3 Å². The number of hydrogen-bond donors (Lipinski definition) is 1. The largest absolute Gasteiger partial charge is 0.324 e. The third-order valence-corrected chi connectivity index (χ3v) is 6.79. The maximum atomic E-state index is 13.0. The fourth-order valence-corrected chi connectivity index (χ4v) is 5.42. The molecule has 7 atom stereocenters. The zero-order chi connectivity index (χ0) is 19.7. The number of likely N-dealkylation sites (tertiary alicyclic amines) is 1. The van der Waals surface area contributed by atoms with E-state index in [1.165, 1.54) is 31.2 Å². The van der Waals surface area contributed by atoms with Crippen molar-refractivity contribution >= 4 is 29.1 Å². The fourth-order valence-electron chi connectivity index (χ4n) is 5.42. The van der Waals surface area contributed by atoms with Gasteiger partial charge in [0.05, 0.1) is 16.8 Å². The molecule has 8 nitrogen and oxygen atoms in total. The van der Waals surface area contributed by atoms with E-state index in [4.69, 9.17) is 0 Å². The summed E-state index contributed by atoms with van der Waals surface area (Å²) >= 11 is 0. The molecule has 1 aromatic rings. The molecule has 6 rings (SSSR count). The molecule has 1 aromatic carbocycles. The number of nitro benzene ring substituents is 1. The molecule has 0 radical (unpaired) electrons. The molecule has 1 N–H and O–H groups in total. The Morgan fingerprint density at radius 1 is 1.18 bits per heavy atom. The highest BCUT2D eigenvalue weighted by atomic mass is 16.6. The Balaban J connectivity index is 1.36. The first-order valence-electron chi connectivity index (χ1n) is 9.49. The van der Waals surface area contributed by atoms with Crippen LogP contribution in [-0.2, 0) is 14.4 Å². The number of hydrogen-bond acceptors (Lipinski definition) is 5. The van der Waals surface area contributed by atoms with Crippen LogP contribution in [0.3, 0.4) is 0 Å². The van der Waals surface area contributed by atoms with Gasteiger partial charge >= 0.3 is 0 Å². The predicted molar refractivity (Wildman–Crippen MR) is 97.7 cm³/mol. The molecule has 4 aliphatic carbocycles. The lowest BCUT2D eigenvalue weighted by Crippen LogP contribution is -2.46. The van der Waals surface area contributed by atoms with Gasteiger partial charge in [-0.15, -0.1) is 0 Å². The highest BCUT2D eigenvalue weighted by Crippen LogP contribution is 2.65. The van der Waals surface area contributed by atoms with E-state index in [1.54, 1.807) is 0 Å². The normalized spacial score (nSPS) is 35.4. The van der Waals surface area contributed by atoms with Crippen molar-refractivity contribution in [1.82, 2.24) is 4.90 Å². The van der Waals surface area contributed by atoms with Crippen LogP contribution in [0.2, 0.25) is 0 Å². The van der Waals surface area contributed by atoms with Gasteiger partial charge in [-0.25, -0.2) is 0 Å². The summed E-state index contributed by atoms with van der Waals surface area (Å²) in [5, 5.41) is 13.5. The van der Waals surface area contributed by atoms with Crippen LogP contribution in [0.15, 0.2) is 36.4 Å². The molecular weight excluding hydrogens is 362 g/mol. The van der Waals surface area contributed by atoms with Crippen LogP contribution in [0, 0.1) is 45.6 Å². The number of benzene rings is 1. The van der Waals surface area contributed by atoms with Gasteiger partial charge in [0.25, 0.3) is 5.69 Å². The second-order valence-corrected chi connectivity index (χ2v) is 8.17. The number of imide groups is 1. The van der Waals surface area contributed by atoms with E-state index >= 15 is 0 Å². The minimum Gasteiger partial charge on any atom is -0.324 e. The number of non-ortho nitro benzene ring substituents is 1. The van der Waals surface area contributed by atoms with E-state index in [0.29, 0.717) is 11.8 Å². The molecule has 1 aliphatic heterocycles. The van der Waals surface area contributed by atoms with Crippen molar-refractivity contribution < 1.29 is 19.3 Å². The molecule has 1 saturated heterocycles. The Labute approximate surface area is 160 Å². The van der Waals surface area contributed by atoms with Gasteiger partial charge in [-0.2, -0.15) is 0 Å². The monoisotopic (exact) mass is 381 g/mol. The molecule has 0 aromatic heterocycles. The van der Waals surface area contributed by atoms with Crippen LogP contribution in [0.25, 0.3) is 0 Å². The van der Waals surface area contributed by atoms with Crippen molar-refractivity contribution in [2.45, 2.75) is 19.4 Å². The van der Waals surface area contributed by atoms with Crippen molar-refractivity contribution in [3.63, 3.8) is 0 Å². The number of allylic oxidation sites excluding steroid dienone is 2. The van der Waals surface area contributed by atoms with Crippen LogP contribution in [-0.4, -0.2) is 33.6 Å². The molecule has 2 bridgehead atoms. The minimum absolute atomic E-state index is 0.105. The zero-order valence-corrected chi connectivity index (χ0v) is 15.1. The van der Waals surface area contributed by atoms with E-state index in [-0.39, 0.29) is 46.9 Å². The summed E-state index contributed by atoms with van der Waals surface area (Å²) in [6.07, 6.45) is 5.25. The maximum Gasteiger partial charge on any atom is 0.271 e. The standard InChI is InChI=1S/C20H19N3O5/c1-9(18(24)21-10-3-2-4-11(7-10)23(27)28)22-19(25)16-12-5-6-13(15-8-14(12)15)17(16)20(22)26/h2-7,9,12-17H,8H2,1H3,(H,21,24)/t9-,12-,13-,14-,15-,16+,17+/m1/s1. The lowest BCUT2D eigenvalue weighted by molar-refractivity contribution is -0.384. The number of carbonyl (C=O) groups is 3. The number of amides is 3. The Hall–Kier alpha value is -3.03. The Morgan fingerprint density at radius 3 is 2.36 bits per heavy atom. The van der Waals surface area contributed by atoms with Crippen molar-refractivity contribution in [3.8, 4) is 0 Å².